The molecular formula is C13H16ClN3. The van der Waals surface area contributed by atoms with Gasteiger partial charge in [0.05, 0.1) is 16.1 Å². The second kappa shape index (κ2) is 3.72. The van der Waals surface area contributed by atoms with Gasteiger partial charge in [-0.1, -0.05) is 17.7 Å². The molecule has 0 unspecified atom stereocenters. The number of fused-ring (bicyclic) bond motifs is 1. The number of rotatable bonds is 3. The Bertz CT molecular complexity index is 569. The number of benzene rings is 1. The van der Waals surface area contributed by atoms with Crippen molar-refractivity contribution in [3.05, 3.63) is 29.0 Å². The average molecular weight is 250 g/mol. The summed E-state index contributed by atoms with van der Waals surface area (Å²) in [7, 11) is 0. The average Bonchev–Trinajstić information content (AvgIpc) is 3.04. The van der Waals surface area contributed by atoms with Gasteiger partial charge in [0.2, 0.25) is 0 Å². The minimum Gasteiger partial charge on any atom is -0.329 e. The van der Waals surface area contributed by atoms with Crippen molar-refractivity contribution in [2.75, 3.05) is 6.54 Å². The fourth-order valence-corrected chi connectivity index (χ4v) is 2.80. The van der Waals surface area contributed by atoms with Gasteiger partial charge in [0.1, 0.15) is 5.82 Å². The third-order valence-electron chi connectivity index (χ3n) is 3.75. The zero-order valence-electron chi connectivity index (χ0n) is 9.91. The van der Waals surface area contributed by atoms with Crippen molar-refractivity contribution in [1.29, 1.82) is 0 Å². The number of hydrogen-bond donors (Lipinski definition) is 1. The van der Waals surface area contributed by atoms with Crippen LogP contribution in [0.2, 0.25) is 5.02 Å². The smallest absolute Gasteiger partial charge is 0.117 e. The van der Waals surface area contributed by atoms with E-state index in [-0.39, 0.29) is 5.41 Å². The van der Waals surface area contributed by atoms with Crippen molar-refractivity contribution >= 4 is 22.6 Å². The molecule has 17 heavy (non-hydrogen) atoms. The molecule has 1 aliphatic rings. The van der Waals surface area contributed by atoms with Gasteiger partial charge >= 0.3 is 0 Å². The van der Waals surface area contributed by atoms with Crippen molar-refractivity contribution < 1.29 is 0 Å². The van der Waals surface area contributed by atoms with Crippen LogP contribution >= 0.6 is 11.6 Å². The Morgan fingerprint density at radius 2 is 2.24 bits per heavy atom. The van der Waals surface area contributed by atoms with E-state index in [1.54, 1.807) is 0 Å². The number of nitrogens with zero attached hydrogens (tertiary/aromatic N) is 2. The first-order valence-corrected chi connectivity index (χ1v) is 6.45. The van der Waals surface area contributed by atoms with Gasteiger partial charge < -0.3 is 10.3 Å². The lowest BCUT2D eigenvalue weighted by Gasteiger charge is -2.14. The summed E-state index contributed by atoms with van der Waals surface area (Å²) in [6.07, 6.45) is 2.29. The maximum Gasteiger partial charge on any atom is 0.117 e. The standard InChI is InChI=1S/C13H16ClN3/c1-2-17-11-9(14)4-3-5-10(11)16-12(17)13(8-15)6-7-13/h3-5H,2,6-8,15H2,1H3. The minimum absolute atomic E-state index is 0.109. The van der Waals surface area contributed by atoms with Crippen molar-refractivity contribution in [3.8, 4) is 0 Å². The second-order valence-corrected chi connectivity index (χ2v) is 5.18. The second-order valence-electron chi connectivity index (χ2n) is 4.77. The van der Waals surface area contributed by atoms with E-state index in [0.29, 0.717) is 6.54 Å². The van der Waals surface area contributed by atoms with Crippen LogP contribution in [0.3, 0.4) is 0 Å². The number of halogens is 1. The van der Waals surface area contributed by atoms with Crippen LogP contribution in [0.15, 0.2) is 18.2 Å². The number of aryl methyl sites for hydroxylation is 1. The Hall–Kier alpha value is -1.06. The highest BCUT2D eigenvalue weighted by molar-refractivity contribution is 6.35. The molecule has 0 amide bonds. The molecule has 0 bridgehead atoms. The fraction of sp³-hybridized carbons (Fsp3) is 0.462. The Morgan fingerprint density at radius 3 is 2.82 bits per heavy atom. The zero-order chi connectivity index (χ0) is 12.0. The fourth-order valence-electron chi connectivity index (χ4n) is 2.52. The third-order valence-corrected chi connectivity index (χ3v) is 4.06. The van der Waals surface area contributed by atoms with E-state index < -0.39 is 0 Å². The van der Waals surface area contributed by atoms with Gasteiger partial charge in [-0.25, -0.2) is 4.98 Å². The molecule has 0 saturated heterocycles. The van der Waals surface area contributed by atoms with Gasteiger partial charge in [0.25, 0.3) is 0 Å². The van der Waals surface area contributed by atoms with Crippen molar-refractivity contribution in [3.63, 3.8) is 0 Å². The molecular weight excluding hydrogens is 234 g/mol. The molecule has 2 aromatic rings. The summed E-state index contributed by atoms with van der Waals surface area (Å²) in [6.45, 7) is 3.69. The molecule has 0 radical (unpaired) electrons. The summed E-state index contributed by atoms with van der Waals surface area (Å²) in [6, 6.07) is 5.89. The normalized spacial score (nSPS) is 17.6. The van der Waals surface area contributed by atoms with Crippen LogP contribution < -0.4 is 5.73 Å². The quantitative estimate of drug-likeness (QED) is 0.909. The lowest BCUT2D eigenvalue weighted by molar-refractivity contribution is 0.593. The van der Waals surface area contributed by atoms with Gasteiger partial charge in [-0.15, -0.1) is 0 Å². The van der Waals surface area contributed by atoms with E-state index in [1.807, 2.05) is 18.2 Å². The summed E-state index contributed by atoms with van der Waals surface area (Å²) in [4.78, 5) is 4.75. The third kappa shape index (κ3) is 1.49. The van der Waals surface area contributed by atoms with E-state index in [0.717, 1.165) is 41.3 Å². The summed E-state index contributed by atoms with van der Waals surface area (Å²) in [5.41, 5.74) is 8.04. The number of nitrogens with two attached hydrogens (primary N) is 1. The monoisotopic (exact) mass is 249 g/mol. The lowest BCUT2D eigenvalue weighted by atomic mass is 10.1. The van der Waals surface area contributed by atoms with Crippen LogP contribution in [0.5, 0.6) is 0 Å². The highest BCUT2D eigenvalue weighted by Gasteiger charge is 2.47. The molecule has 0 atom stereocenters. The van der Waals surface area contributed by atoms with Gasteiger partial charge in [0, 0.05) is 18.5 Å². The van der Waals surface area contributed by atoms with E-state index in [4.69, 9.17) is 22.3 Å². The van der Waals surface area contributed by atoms with Crippen LogP contribution in [0.4, 0.5) is 0 Å². The molecule has 3 nitrogen and oxygen atoms in total. The first kappa shape index (κ1) is 11.1. The molecule has 0 aliphatic heterocycles. The van der Waals surface area contributed by atoms with Crippen molar-refractivity contribution in [2.45, 2.75) is 31.7 Å². The van der Waals surface area contributed by atoms with Crippen LogP contribution in [-0.4, -0.2) is 16.1 Å². The Morgan fingerprint density at radius 1 is 1.47 bits per heavy atom. The predicted octanol–water partition coefficient (Wildman–Crippen LogP) is 2.70. The van der Waals surface area contributed by atoms with Crippen molar-refractivity contribution in [2.24, 2.45) is 5.73 Å². The van der Waals surface area contributed by atoms with Crippen LogP contribution in [0.1, 0.15) is 25.6 Å². The molecule has 90 valence electrons. The van der Waals surface area contributed by atoms with Gasteiger partial charge in [0.15, 0.2) is 0 Å². The summed E-state index contributed by atoms with van der Waals surface area (Å²) < 4.78 is 2.22. The molecule has 4 heteroatoms. The summed E-state index contributed by atoms with van der Waals surface area (Å²) >= 11 is 6.28. The van der Waals surface area contributed by atoms with Crippen LogP contribution in [0.25, 0.3) is 11.0 Å². The zero-order valence-corrected chi connectivity index (χ0v) is 10.7. The van der Waals surface area contributed by atoms with E-state index in [1.165, 1.54) is 0 Å². The Labute approximate surface area is 106 Å². The molecule has 1 aromatic heterocycles. The van der Waals surface area contributed by atoms with Crippen LogP contribution in [-0.2, 0) is 12.0 Å². The van der Waals surface area contributed by atoms with E-state index >= 15 is 0 Å². The lowest BCUT2D eigenvalue weighted by Crippen LogP contribution is -2.24. The van der Waals surface area contributed by atoms with Gasteiger partial charge in [-0.2, -0.15) is 0 Å². The number of aromatic nitrogens is 2. The van der Waals surface area contributed by atoms with E-state index in [9.17, 15) is 0 Å². The predicted molar refractivity (Wildman–Crippen MR) is 70.4 cm³/mol. The van der Waals surface area contributed by atoms with Gasteiger partial charge in [-0.3, -0.25) is 0 Å². The summed E-state index contributed by atoms with van der Waals surface area (Å²) in [5, 5.41) is 0.774. The molecule has 1 heterocycles. The molecule has 0 spiro atoms. The van der Waals surface area contributed by atoms with Crippen LogP contribution in [0, 0.1) is 0 Å². The highest BCUT2D eigenvalue weighted by Crippen LogP contribution is 2.47. The first-order valence-electron chi connectivity index (χ1n) is 6.07. The molecule has 3 rings (SSSR count). The van der Waals surface area contributed by atoms with Gasteiger partial charge in [-0.05, 0) is 31.9 Å². The molecule has 1 fully saturated rings. The molecule has 2 N–H and O–H groups in total. The first-order chi connectivity index (χ1) is 8.22. The number of hydrogen-bond acceptors (Lipinski definition) is 2. The maximum atomic E-state index is 6.28. The summed E-state index contributed by atoms with van der Waals surface area (Å²) in [5.74, 6) is 1.12. The molecule has 1 aromatic carbocycles. The maximum absolute atomic E-state index is 6.28. The topological polar surface area (TPSA) is 43.8 Å². The van der Waals surface area contributed by atoms with E-state index in [2.05, 4.69) is 11.5 Å². The number of imidazole rings is 1. The largest absolute Gasteiger partial charge is 0.329 e. The Kier molecular flexibility index (Phi) is 2.42. The van der Waals surface area contributed by atoms with Crippen molar-refractivity contribution in [1.82, 2.24) is 9.55 Å². The SMILES string of the molecule is CCn1c(C2(CN)CC2)nc2cccc(Cl)c21. The minimum atomic E-state index is 0.109. The Balaban J connectivity index is 2.29. The number of para-hydroxylation sites is 1. The highest BCUT2D eigenvalue weighted by atomic mass is 35.5. The molecule has 1 saturated carbocycles. The molecule has 1 aliphatic carbocycles.